The van der Waals surface area contributed by atoms with E-state index >= 15 is 0 Å². The smallest absolute Gasteiger partial charge is 0.249 e. The lowest BCUT2D eigenvalue weighted by atomic mass is 10.2. The van der Waals surface area contributed by atoms with E-state index in [1.165, 1.54) is 4.80 Å². The molecule has 1 unspecified atom stereocenters. The second kappa shape index (κ2) is 8.51. The van der Waals surface area contributed by atoms with Crippen molar-refractivity contribution in [1.82, 2.24) is 39.9 Å². The Balaban J connectivity index is 1.34. The van der Waals surface area contributed by atoms with Crippen LogP contribution in [0.4, 0.5) is 0 Å². The van der Waals surface area contributed by atoms with Gasteiger partial charge < -0.3 is 9.47 Å². The number of halogens is 1. The molecule has 2 aromatic carbocycles. The largest absolute Gasteiger partial charge is 0.331 e. The van der Waals surface area contributed by atoms with Gasteiger partial charge in [-0.3, -0.25) is 4.79 Å². The number of rotatable bonds is 5. The molecule has 10 heteroatoms. The minimum Gasteiger partial charge on any atom is -0.331 e. The van der Waals surface area contributed by atoms with Crippen molar-refractivity contribution < 1.29 is 4.79 Å². The molecule has 1 aliphatic heterocycles. The van der Waals surface area contributed by atoms with Crippen molar-refractivity contribution >= 4 is 17.5 Å². The summed E-state index contributed by atoms with van der Waals surface area (Å²) in [7, 11) is 0. The lowest BCUT2D eigenvalue weighted by Crippen LogP contribution is -2.42. The molecule has 0 aliphatic carbocycles. The second-order valence-electron chi connectivity index (χ2n) is 7.58. The van der Waals surface area contributed by atoms with E-state index in [9.17, 15) is 4.79 Å². The van der Waals surface area contributed by atoms with Crippen LogP contribution in [-0.4, -0.2) is 52.3 Å². The molecule has 32 heavy (non-hydrogen) atoms. The van der Waals surface area contributed by atoms with Crippen molar-refractivity contribution in [3.63, 3.8) is 0 Å². The summed E-state index contributed by atoms with van der Waals surface area (Å²) in [5.74, 6) is 2.00. The van der Waals surface area contributed by atoms with Gasteiger partial charge >= 0.3 is 0 Å². The van der Waals surface area contributed by atoms with E-state index in [0.717, 1.165) is 22.8 Å². The van der Waals surface area contributed by atoms with Gasteiger partial charge in [-0.1, -0.05) is 48.9 Å². The van der Waals surface area contributed by atoms with Crippen molar-refractivity contribution in [3.05, 3.63) is 65.4 Å². The fraction of sp³-hybridized carbons (Fsp3) is 0.273. The molecular formula is C22H21ClN8O. The van der Waals surface area contributed by atoms with Crippen molar-refractivity contribution in [1.29, 1.82) is 0 Å². The first-order valence-corrected chi connectivity index (χ1v) is 10.8. The zero-order valence-corrected chi connectivity index (χ0v) is 18.2. The van der Waals surface area contributed by atoms with Crippen LogP contribution in [0, 0.1) is 0 Å². The molecule has 0 bridgehead atoms. The zero-order chi connectivity index (χ0) is 22.1. The van der Waals surface area contributed by atoms with Gasteiger partial charge in [0.05, 0.1) is 6.54 Å². The number of benzene rings is 2. The average Bonchev–Trinajstić information content (AvgIpc) is 3.48. The fourth-order valence-corrected chi connectivity index (χ4v) is 3.99. The third-order valence-corrected chi connectivity index (χ3v) is 5.83. The average molecular weight is 449 g/mol. The lowest BCUT2D eigenvalue weighted by Gasteiger charge is -2.30. The van der Waals surface area contributed by atoms with Crippen LogP contribution in [0.5, 0.6) is 0 Å². The van der Waals surface area contributed by atoms with Crippen molar-refractivity contribution in [2.75, 3.05) is 6.54 Å². The SMILES string of the molecule is CCC(C(=O)N1CCn2c(nnc2-c2ccccc2)C1)n1nnc(-c2ccc(Cl)cc2)n1. The maximum absolute atomic E-state index is 13.3. The maximum Gasteiger partial charge on any atom is 0.249 e. The number of aromatic nitrogens is 7. The van der Waals surface area contributed by atoms with E-state index in [1.807, 2.05) is 49.4 Å². The van der Waals surface area contributed by atoms with Gasteiger partial charge in [-0.25, -0.2) is 0 Å². The van der Waals surface area contributed by atoms with Crippen LogP contribution in [0.25, 0.3) is 22.8 Å². The molecule has 0 saturated heterocycles. The molecule has 162 valence electrons. The third kappa shape index (κ3) is 3.75. The molecule has 3 heterocycles. The summed E-state index contributed by atoms with van der Waals surface area (Å²) >= 11 is 5.95. The summed E-state index contributed by atoms with van der Waals surface area (Å²) in [6.07, 6.45) is 0.549. The van der Waals surface area contributed by atoms with Crippen LogP contribution in [0.1, 0.15) is 25.2 Å². The first-order chi connectivity index (χ1) is 15.6. The number of nitrogens with zero attached hydrogens (tertiary/aromatic N) is 8. The Kier molecular flexibility index (Phi) is 5.40. The van der Waals surface area contributed by atoms with Crippen LogP contribution < -0.4 is 0 Å². The lowest BCUT2D eigenvalue weighted by molar-refractivity contribution is -0.137. The summed E-state index contributed by atoms with van der Waals surface area (Å²) < 4.78 is 2.08. The first kappa shape index (κ1) is 20.3. The molecule has 1 aliphatic rings. The van der Waals surface area contributed by atoms with E-state index in [1.54, 1.807) is 17.0 Å². The Morgan fingerprint density at radius 2 is 1.78 bits per heavy atom. The summed E-state index contributed by atoms with van der Waals surface area (Å²) in [6, 6.07) is 16.6. The molecule has 4 aromatic rings. The summed E-state index contributed by atoms with van der Waals surface area (Å²) in [5, 5.41) is 22.1. The minimum absolute atomic E-state index is 0.0527. The van der Waals surface area contributed by atoms with E-state index < -0.39 is 6.04 Å². The van der Waals surface area contributed by atoms with E-state index in [4.69, 9.17) is 11.6 Å². The van der Waals surface area contributed by atoms with Gasteiger partial charge in [-0.15, -0.1) is 20.4 Å². The Morgan fingerprint density at radius 1 is 1.00 bits per heavy atom. The molecule has 2 aromatic heterocycles. The van der Waals surface area contributed by atoms with Gasteiger partial charge in [0, 0.05) is 29.2 Å². The van der Waals surface area contributed by atoms with Gasteiger partial charge in [-0.2, -0.15) is 4.80 Å². The van der Waals surface area contributed by atoms with Crippen LogP contribution in [0.15, 0.2) is 54.6 Å². The predicted octanol–water partition coefficient (Wildman–Crippen LogP) is 3.25. The Bertz CT molecular complexity index is 1230. The quantitative estimate of drug-likeness (QED) is 0.465. The first-order valence-electron chi connectivity index (χ1n) is 10.5. The predicted molar refractivity (Wildman–Crippen MR) is 118 cm³/mol. The van der Waals surface area contributed by atoms with Crippen molar-refractivity contribution in [3.8, 4) is 22.8 Å². The summed E-state index contributed by atoms with van der Waals surface area (Å²) in [6.45, 7) is 3.54. The van der Waals surface area contributed by atoms with Gasteiger partial charge in [-0.05, 0) is 35.9 Å². The normalized spacial score (nSPS) is 14.2. The second-order valence-corrected chi connectivity index (χ2v) is 8.02. The molecule has 0 radical (unpaired) electrons. The van der Waals surface area contributed by atoms with E-state index in [2.05, 4.69) is 30.2 Å². The third-order valence-electron chi connectivity index (χ3n) is 5.58. The summed E-state index contributed by atoms with van der Waals surface area (Å²) in [4.78, 5) is 16.5. The standard InChI is InChI=1S/C22H21ClN8O/c1-2-18(31-27-20(25-28-31)15-8-10-17(23)11-9-15)22(32)29-12-13-30-19(14-29)24-26-21(30)16-6-4-3-5-7-16/h3-11,18H,2,12-14H2,1H3. The van der Waals surface area contributed by atoms with Gasteiger partial charge in [0.25, 0.3) is 0 Å². The van der Waals surface area contributed by atoms with Crippen molar-refractivity contribution in [2.45, 2.75) is 32.5 Å². The van der Waals surface area contributed by atoms with Gasteiger partial charge in [0.15, 0.2) is 17.7 Å². The highest BCUT2D eigenvalue weighted by Crippen LogP contribution is 2.24. The highest BCUT2D eigenvalue weighted by Gasteiger charge is 2.31. The van der Waals surface area contributed by atoms with Crippen LogP contribution >= 0.6 is 11.6 Å². The molecule has 9 nitrogen and oxygen atoms in total. The summed E-state index contributed by atoms with van der Waals surface area (Å²) in [5.41, 5.74) is 1.81. The van der Waals surface area contributed by atoms with E-state index in [0.29, 0.717) is 36.9 Å². The number of hydrogen-bond acceptors (Lipinski definition) is 6. The maximum atomic E-state index is 13.3. The number of tetrazole rings is 1. The van der Waals surface area contributed by atoms with Crippen LogP contribution in [0.3, 0.4) is 0 Å². The Morgan fingerprint density at radius 3 is 2.53 bits per heavy atom. The van der Waals surface area contributed by atoms with Gasteiger partial charge in [0.2, 0.25) is 11.7 Å². The monoisotopic (exact) mass is 448 g/mol. The molecule has 0 fully saturated rings. The van der Waals surface area contributed by atoms with Gasteiger partial charge in [0.1, 0.15) is 0 Å². The molecule has 0 saturated carbocycles. The number of fused-ring (bicyclic) bond motifs is 1. The number of carbonyl (C=O) groups is 1. The topological polar surface area (TPSA) is 94.6 Å². The van der Waals surface area contributed by atoms with Crippen LogP contribution in [-0.2, 0) is 17.9 Å². The number of carbonyl (C=O) groups excluding carboxylic acids is 1. The minimum atomic E-state index is -0.536. The zero-order valence-electron chi connectivity index (χ0n) is 17.5. The highest BCUT2D eigenvalue weighted by molar-refractivity contribution is 6.30. The van der Waals surface area contributed by atoms with Crippen molar-refractivity contribution in [2.24, 2.45) is 0 Å². The Hall–Kier alpha value is -3.59. The highest BCUT2D eigenvalue weighted by atomic mass is 35.5. The number of hydrogen-bond donors (Lipinski definition) is 0. The molecule has 1 atom stereocenters. The van der Waals surface area contributed by atoms with E-state index in [-0.39, 0.29) is 5.91 Å². The molecule has 5 rings (SSSR count). The molecular weight excluding hydrogens is 428 g/mol. The molecule has 0 N–H and O–H groups in total. The molecule has 1 amide bonds. The number of amides is 1. The fourth-order valence-electron chi connectivity index (χ4n) is 3.87. The Labute approximate surface area is 189 Å². The molecule has 0 spiro atoms. The van der Waals surface area contributed by atoms with Crippen LogP contribution in [0.2, 0.25) is 5.02 Å².